The fraction of sp³-hybridized carbons (Fsp3) is 0.174. The van der Waals surface area contributed by atoms with E-state index in [-0.39, 0.29) is 13.2 Å². The number of primary amides is 1. The van der Waals surface area contributed by atoms with Crippen LogP contribution in [0.1, 0.15) is 28.8 Å². The fourth-order valence-corrected chi connectivity index (χ4v) is 4.12. The predicted molar refractivity (Wildman–Crippen MR) is 123 cm³/mol. The molecule has 0 spiro atoms. The zero-order chi connectivity index (χ0) is 23.1. The average molecular weight is 462 g/mol. The summed E-state index contributed by atoms with van der Waals surface area (Å²) in [6.45, 7) is 1.66. The molecule has 3 N–H and O–H groups in total. The molecular formula is C23H20ClN7O2. The summed E-state index contributed by atoms with van der Waals surface area (Å²) in [4.78, 5) is 16.1. The first-order valence-electron chi connectivity index (χ1n) is 10.3. The van der Waals surface area contributed by atoms with Crippen molar-refractivity contribution in [3.8, 4) is 16.8 Å². The Morgan fingerprint density at radius 2 is 1.88 bits per heavy atom. The van der Waals surface area contributed by atoms with Crippen LogP contribution < -0.4 is 5.73 Å². The Kier molecular flexibility index (Phi) is 5.27. The number of hydrogen-bond acceptors (Lipinski definition) is 6. The summed E-state index contributed by atoms with van der Waals surface area (Å²) < 4.78 is 3.42. The molecule has 4 aromatic rings. The van der Waals surface area contributed by atoms with Crippen molar-refractivity contribution in [1.29, 1.82) is 0 Å². The van der Waals surface area contributed by atoms with Gasteiger partial charge in [0.2, 0.25) is 5.91 Å². The maximum Gasteiger partial charge on any atom is 0.239 e. The molecule has 1 amide bonds. The molecule has 0 fully saturated rings. The van der Waals surface area contributed by atoms with E-state index < -0.39 is 11.9 Å². The molecule has 0 bridgehead atoms. The van der Waals surface area contributed by atoms with E-state index in [1.54, 1.807) is 24.5 Å². The maximum atomic E-state index is 11.3. The van der Waals surface area contributed by atoms with Crippen molar-refractivity contribution in [3.63, 3.8) is 0 Å². The van der Waals surface area contributed by atoms with Crippen molar-refractivity contribution in [2.24, 2.45) is 10.7 Å². The quantitative estimate of drug-likeness (QED) is 0.472. The van der Waals surface area contributed by atoms with Crippen molar-refractivity contribution >= 4 is 23.2 Å². The molecule has 0 radical (unpaired) electrons. The second-order valence-electron chi connectivity index (χ2n) is 7.75. The monoisotopic (exact) mass is 461 g/mol. The van der Waals surface area contributed by atoms with Gasteiger partial charge in [-0.25, -0.2) is 0 Å². The van der Waals surface area contributed by atoms with E-state index in [2.05, 4.69) is 15.3 Å². The molecule has 33 heavy (non-hydrogen) atoms. The Morgan fingerprint density at radius 3 is 2.61 bits per heavy atom. The molecular weight excluding hydrogens is 442 g/mol. The van der Waals surface area contributed by atoms with Crippen LogP contribution in [0.25, 0.3) is 16.8 Å². The lowest BCUT2D eigenvalue weighted by molar-refractivity contribution is -0.118. The van der Waals surface area contributed by atoms with Crippen LogP contribution >= 0.6 is 11.6 Å². The van der Waals surface area contributed by atoms with Crippen LogP contribution in [0.5, 0.6) is 0 Å². The number of halogens is 1. The summed E-state index contributed by atoms with van der Waals surface area (Å²) in [6.07, 6.45) is 3.46. The first-order valence-corrected chi connectivity index (χ1v) is 10.6. The summed E-state index contributed by atoms with van der Waals surface area (Å²) in [5.41, 5.74) is 10.3. The molecule has 3 heterocycles. The van der Waals surface area contributed by atoms with Gasteiger partial charge in [0.1, 0.15) is 18.4 Å². The molecule has 1 aliphatic rings. The highest BCUT2D eigenvalue weighted by molar-refractivity contribution is 6.30. The number of benzene rings is 2. The van der Waals surface area contributed by atoms with Gasteiger partial charge < -0.3 is 10.8 Å². The number of aliphatic hydroxyl groups excluding tert-OH is 1. The van der Waals surface area contributed by atoms with Gasteiger partial charge in [0.15, 0.2) is 5.82 Å². The molecule has 0 aliphatic carbocycles. The molecule has 0 saturated heterocycles. The number of carbonyl (C=O) groups excluding carboxylic acids is 1. The number of amides is 1. The normalized spacial score (nSPS) is 14.9. The zero-order valence-electron chi connectivity index (χ0n) is 17.7. The highest BCUT2D eigenvalue weighted by atomic mass is 35.5. The number of aliphatic hydroxyl groups is 1. The lowest BCUT2D eigenvalue weighted by atomic mass is 9.96. The molecule has 0 saturated carbocycles. The Balaban J connectivity index is 1.72. The van der Waals surface area contributed by atoms with Gasteiger partial charge in [-0.15, -0.1) is 10.2 Å². The Hall–Kier alpha value is -3.82. The topological polar surface area (TPSA) is 124 Å². The van der Waals surface area contributed by atoms with Gasteiger partial charge in [0, 0.05) is 27.9 Å². The highest BCUT2D eigenvalue weighted by Crippen LogP contribution is 2.33. The van der Waals surface area contributed by atoms with E-state index in [9.17, 15) is 9.90 Å². The molecule has 1 aliphatic heterocycles. The molecule has 166 valence electrons. The predicted octanol–water partition coefficient (Wildman–Crippen LogP) is 2.46. The van der Waals surface area contributed by atoms with Crippen molar-refractivity contribution in [2.75, 3.05) is 6.61 Å². The minimum atomic E-state index is -0.578. The Bertz CT molecular complexity index is 1390. The fourth-order valence-electron chi connectivity index (χ4n) is 3.99. The molecule has 2 aromatic heterocycles. The van der Waals surface area contributed by atoms with Crippen LogP contribution in [-0.4, -0.2) is 47.9 Å². The number of carbonyl (C=O) groups is 1. The van der Waals surface area contributed by atoms with E-state index >= 15 is 0 Å². The van der Waals surface area contributed by atoms with E-state index in [0.717, 1.165) is 27.9 Å². The van der Waals surface area contributed by atoms with Crippen molar-refractivity contribution in [3.05, 3.63) is 82.7 Å². The van der Waals surface area contributed by atoms with Crippen molar-refractivity contribution in [1.82, 2.24) is 24.5 Å². The summed E-state index contributed by atoms with van der Waals surface area (Å²) in [7, 11) is 0. The zero-order valence-corrected chi connectivity index (χ0v) is 18.4. The number of hydrogen-bond donors (Lipinski definition) is 2. The Labute approximate surface area is 194 Å². The van der Waals surface area contributed by atoms with Gasteiger partial charge in [-0.1, -0.05) is 29.8 Å². The first kappa shape index (κ1) is 21.0. The summed E-state index contributed by atoms with van der Waals surface area (Å²) in [6, 6.07) is 12.8. The lowest BCUT2D eigenvalue weighted by Crippen LogP contribution is -2.18. The maximum absolute atomic E-state index is 11.3. The van der Waals surface area contributed by atoms with Gasteiger partial charge in [-0.3, -0.25) is 19.0 Å². The van der Waals surface area contributed by atoms with E-state index in [0.29, 0.717) is 22.4 Å². The number of aliphatic imine (C=N–C) groups is 1. The number of rotatable bonds is 5. The highest BCUT2D eigenvalue weighted by Gasteiger charge is 2.28. The third kappa shape index (κ3) is 3.81. The molecule has 9 nitrogen and oxygen atoms in total. The summed E-state index contributed by atoms with van der Waals surface area (Å²) in [5, 5.41) is 23.5. The van der Waals surface area contributed by atoms with Crippen LogP contribution in [0, 0.1) is 6.92 Å². The van der Waals surface area contributed by atoms with Gasteiger partial charge in [0.25, 0.3) is 0 Å². The molecule has 2 aromatic carbocycles. The second-order valence-corrected chi connectivity index (χ2v) is 8.19. The largest absolute Gasteiger partial charge is 0.394 e. The number of fused-ring (bicyclic) bond motifs is 3. The van der Waals surface area contributed by atoms with Gasteiger partial charge in [-0.05, 0) is 36.8 Å². The van der Waals surface area contributed by atoms with Gasteiger partial charge in [-0.2, -0.15) is 5.10 Å². The molecule has 10 heteroatoms. The van der Waals surface area contributed by atoms with E-state index in [4.69, 9.17) is 22.3 Å². The lowest BCUT2D eigenvalue weighted by Gasteiger charge is -2.14. The van der Waals surface area contributed by atoms with Crippen LogP contribution in [0.15, 0.2) is 59.9 Å². The number of nitrogens with zero attached hydrogens (tertiary/aromatic N) is 6. The molecule has 1 atom stereocenters. The SMILES string of the molecule is Cc1nnc2n1-c1ccc(-c3cnn(CC(N)=O)c3)cc1C(c1ccc(Cl)cc1)=NC2CO. The minimum Gasteiger partial charge on any atom is -0.394 e. The van der Waals surface area contributed by atoms with Crippen molar-refractivity contribution < 1.29 is 9.90 Å². The third-order valence-corrected chi connectivity index (χ3v) is 5.75. The minimum absolute atomic E-state index is 0.00383. The smallest absolute Gasteiger partial charge is 0.239 e. The average Bonchev–Trinajstić information content (AvgIpc) is 3.38. The van der Waals surface area contributed by atoms with Crippen LogP contribution in [-0.2, 0) is 11.3 Å². The standard InChI is InChI=1S/C23H20ClN7O2/c1-13-28-29-23-19(12-32)27-22(14-2-5-17(24)6-3-14)18-8-15(4-7-20(18)31(13)23)16-9-26-30(10-16)11-21(25)33/h2-10,19,32H,11-12H2,1H3,(H2,25,33). The second kappa shape index (κ2) is 8.27. The van der Waals surface area contributed by atoms with Gasteiger partial charge in [0.05, 0.1) is 24.2 Å². The third-order valence-electron chi connectivity index (χ3n) is 5.50. The van der Waals surface area contributed by atoms with E-state index in [1.807, 2.05) is 41.8 Å². The molecule has 1 unspecified atom stereocenters. The number of nitrogens with two attached hydrogens (primary N) is 1. The van der Waals surface area contributed by atoms with E-state index in [1.165, 1.54) is 4.68 Å². The number of aryl methyl sites for hydroxylation is 1. The summed E-state index contributed by atoms with van der Waals surface area (Å²) >= 11 is 6.11. The molecule has 5 rings (SSSR count). The van der Waals surface area contributed by atoms with Crippen LogP contribution in [0.2, 0.25) is 5.02 Å². The first-order chi connectivity index (χ1) is 15.9. The van der Waals surface area contributed by atoms with Gasteiger partial charge >= 0.3 is 0 Å². The number of aromatic nitrogens is 5. The van der Waals surface area contributed by atoms with Crippen LogP contribution in [0.3, 0.4) is 0 Å². The Morgan fingerprint density at radius 1 is 1.12 bits per heavy atom. The van der Waals surface area contributed by atoms with Crippen molar-refractivity contribution in [2.45, 2.75) is 19.5 Å². The van der Waals surface area contributed by atoms with Crippen LogP contribution in [0.4, 0.5) is 0 Å². The summed E-state index contributed by atoms with van der Waals surface area (Å²) in [5.74, 6) is 0.802.